The summed E-state index contributed by atoms with van der Waals surface area (Å²) in [7, 11) is 4.60. The van der Waals surface area contributed by atoms with Crippen LogP contribution in [0.15, 0.2) is 72.3 Å². The Bertz CT molecular complexity index is 1330. The highest BCUT2D eigenvalue weighted by Gasteiger charge is 2.40. The second kappa shape index (κ2) is 10.8. The van der Waals surface area contributed by atoms with Gasteiger partial charge in [0.2, 0.25) is 0 Å². The number of ether oxygens (including phenoxy) is 4. The van der Waals surface area contributed by atoms with Crippen LogP contribution in [0.25, 0.3) is 5.57 Å². The van der Waals surface area contributed by atoms with Crippen LogP contribution in [0.5, 0.6) is 17.2 Å². The molecule has 0 aromatic heterocycles. The van der Waals surface area contributed by atoms with Crippen LogP contribution < -0.4 is 19.5 Å². The molecule has 2 N–H and O–H groups in total. The van der Waals surface area contributed by atoms with Gasteiger partial charge in [-0.3, -0.25) is 4.79 Å². The van der Waals surface area contributed by atoms with Gasteiger partial charge in [0.1, 0.15) is 23.9 Å². The van der Waals surface area contributed by atoms with Gasteiger partial charge >= 0.3 is 5.97 Å². The maximum Gasteiger partial charge on any atom is 0.339 e. The molecule has 8 nitrogen and oxygen atoms in total. The van der Waals surface area contributed by atoms with Crippen LogP contribution in [-0.2, 0) is 19.9 Å². The molecule has 1 aliphatic rings. The Hall–Kier alpha value is -4.30. The summed E-state index contributed by atoms with van der Waals surface area (Å²) < 4.78 is 21.3. The molecule has 1 unspecified atom stereocenters. The van der Waals surface area contributed by atoms with Gasteiger partial charge in [-0.05, 0) is 53.4 Å². The summed E-state index contributed by atoms with van der Waals surface area (Å²) in [6.45, 7) is 1.84. The summed E-state index contributed by atoms with van der Waals surface area (Å²) in [6, 6.07) is 18.9. The van der Waals surface area contributed by atoms with Crippen LogP contribution in [-0.4, -0.2) is 51.5 Å². The average Bonchev–Trinajstić information content (AvgIpc) is 3.31. The maximum atomic E-state index is 13.6. The monoisotopic (exact) mass is 503 g/mol. The van der Waals surface area contributed by atoms with E-state index < -0.39 is 17.5 Å². The second-order valence-corrected chi connectivity index (χ2v) is 8.60. The van der Waals surface area contributed by atoms with Crippen molar-refractivity contribution in [1.82, 2.24) is 5.32 Å². The maximum absolute atomic E-state index is 13.6. The molecular weight excluding hydrogens is 474 g/mol. The molecule has 0 saturated heterocycles. The highest BCUT2D eigenvalue weighted by atomic mass is 16.5. The number of hydrogen-bond donors (Lipinski definition) is 2. The fourth-order valence-electron chi connectivity index (χ4n) is 4.38. The standard InChI is InChI=1S/C29H29NO7/c1-18-12-22(10-11-25(18)36-4)29(33,21-8-6-5-7-9-21)28(32)30-16-20-17-37-27(31)26(20)19-13-23(34-2)15-24(14-19)35-3/h5-15,33H,16-17H2,1-4H3,(H,30,32). The molecule has 0 spiro atoms. The van der Waals surface area contributed by atoms with Crippen molar-refractivity contribution in [1.29, 1.82) is 0 Å². The van der Waals surface area contributed by atoms with E-state index in [1.54, 1.807) is 67.8 Å². The molecule has 37 heavy (non-hydrogen) atoms. The molecule has 1 atom stereocenters. The van der Waals surface area contributed by atoms with E-state index in [1.807, 2.05) is 13.0 Å². The zero-order valence-corrected chi connectivity index (χ0v) is 21.2. The Labute approximate surface area is 215 Å². The smallest absolute Gasteiger partial charge is 0.339 e. The lowest BCUT2D eigenvalue weighted by Crippen LogP contribution is -2.46. The van der Waals surface area contributed by atoms with Crippen molar-refractivity contribution in [2.75, 3.05) is 34.5 Å². The predicted octanol–water partition coefficient (Wildman–Crippen LogP) is 3.38. The molecule has 3 aromatic rings. The molecule has 0 aliphatic carbocycles. The Balaban J connectivity index is 1.69. The minimum Gasteiger partial charge on any atom is -0.497 e. The Morgan fingerprint density at radius 2 is 1.62 bits per heavy atom. The van der Waals surface area contributed by atoms with Gasteiger partial charge in [-0.2, -0.15) is 0 Å². The van der Waals surface area contributed by atoms with Gasteiger partial charge in [0.15, 0.2) is 5.60 Å². The van der Waals surface area contributed by atoms with Gasteiger partial charge < -0.3 is 29.4 Å². The lowest BCUT2D eigenvalue weighted by molar-refractivity contribution is -0.136. The number of amides is 1. The number of methoxy groups -OCH3 is 3. The molecule has 1 heterocycles. The van der Waals surface area contributed by atoms with Crippen LogP contribution in [0, 0.1) is 6.92 Å². The first kappa shape index (κ1) is 25.8. The van der Waals surface area contributed by atoms with Crippen molar-refractivity contribution in [3.63, 3.8) is 0 Å². The summed E-state index contributed by atoms with van der Waals surface area (Å²) in [4.78, 5) is 26.3. The van der Waals surface area contributed by atoms with E-state index in [2.05, 4.69) is 5.32 Å². The minimum atomic E-state index is -1.98. The number of hydrogen-bond acceptors (Lipinski definition) is 7. The van der Waals surface area contributed by atoms with E-state index in [-0.39, 0.29) is 13.2 Å². The molecular formula is C29H29NO7. The number of cyclic esters (lactones) is 1. The molecule has 192 valence electrons. The van der Waals surface area contributed by atoms with E-state index in [1.165, 1.54) is 14.2 Å². The number of aliphatic hydroxyl groups is 1. The predicted molar refractivity (Wildman–Crippen MR) is 138 cm³/mol. The van der Waals surface area contributed by atoms with Gasteiger partial charge in [-0.15, -0.1) is 0 Å². The van der Waals surface area contributed by atoms with Gasteiger partial charge in [-0.25, -0.2) is 4.79 Å². The summed E-state index contributed by atoms with van der Waals surface area (Å²) in [5.41, 5.74) is 1.02. The van der Waals surface area contributed by atoms with Crippen LogP contribution in [0.3, 0.4) is 0 Å². The van der Waals surface area contributed by atoms with Crippen molar-refractivity contribution in [2.45, 2.75) is 12.5 Å². The Morgan fingerprint density at radius 3 is 2.22 bits per heavy atom. The Kier molecular flexibility index (Phi) is 7.50. The number of carbonyl (C=O) groups excluding carboxylic acids is 2. The summed E-state index contributed by atoms with van der Waals surface area (Å²) in [6.07, 6.45) is 0. The van der Waals surface area contributed by atoms with Crippen LogP contribution in [0.1, 0.15) is 22.3 Å². The SMILES string of the molecule is COc1cc(OC)cc(C2=C(CNC(=O)C(O)(c3ccccc3)c3ccc(OC)c(C)c3)COC2=O)c1. The third kappa shape index (κ3) is 5.01. The van der Waals surface area contributed by atoms with Crippen LogP contribution >= 0.6 is 0 Å². The first-order valence-electron chi connectivity index (χ1n) is 11.7. The molecule has 3 aromatic carbocycles. The first-order chi connectivity index (χ1) is 17.8. The van der Waals surface area contributed by atoms with Crippen molar-refractivity contribution in [3.05, 3.63) is 94.6 Å². The fourth-order valence-corrected chi connectivity index (χ4v) is 4.38. The number of carbonyl (C=O) groups is 2. The largest absolute Gasteiger partial charge is 0.497 e. The van der Waals surface area contributed by atoms with Gasteiger partial charge in [-0.1, -0.05) is 36.4 Å². The molecule has 0 bridgehead atoms. The average molecular weight is 504 g/mol. The number of aryl methyl sites for hydroxylation is 1. The van der Waals surface area contributed by atoms with E-state index in [0.717, 1.165) is 5.56 Å². The first-order valence-corrected chi connectivity index (χ1v) is 11.7. The van der Waals surface area contributed by atoms with Gasteiger partial charge in [0, 0.05) is 18.2 Å². The van der Waals surface area contributed by atoms with Gasteiger partial charge in [0.05, 0.1) is 26.9 Å². The molecule has 1 amide bonds. The normalized spacial score (nSPS) is 14.6. The summed E-state index contributed by atoms with van der Waals surface area (Å²) in [5, 5.41) is 14.7. The highest BCUT2D eigenvalue weighted by Crippen LogP contribution is 2.34. The van der Waals surface area contributed by atoms with Gasteiger partial charge in [0.25, 0.3) is 5.91 Å². The minimum absolute atomic E-state index is 0.0102. The van der Waals surface area contributed by atoms with Crippen molar-refractivity contribution < 1.29 is 33.6 Å². The molecule has 8 heteroatoms. The van der Waals surface area contributed by atoms with E-state index >= 15 is 0 Å². The number of esters is 1. The van der Waals surface area contributed by atoms with E-state index in [4.69, 9.17) is 18.9 Å². The topological polar surface area (TPSA) is 103 Å². The summed E-state index contributed by atoms with van der Waals surface area (Å²) in [5.74, 6) is 0.516. The van der Waals surface area contributed by atoms with Crippen molar-refractivity contribution in [2.24, 2.45) is 0 Å². The van der Waals surface area contributed by atoms with Crippen LogP contribution in [0.4, 0.5) is 0 Å². The third-order valence-corrected chi connectivity index (χ3v) is 6.37. The molecule has 0 fully saturated rings. The lowest BCUT2D eigenvalue weighted by atomic mass is 9.84. The molecule has 1 aliphatic heterocycles. The number of rotatable bonds is 9. The zero-order valence-electron chi connectivity index (χ0n) is 21.2. The lowest BCUT2D eigenvalue weighted by Gasteiger charge is -2.29. The molecule has 0 radical (unpaired) electrons. The Morgan fingerprint density at radius 1 is 0.946 bits per heavy atom. The van der Waals surface area contributed by atoms with Crippen molar-refractivity contribution >= 4 is 17.4 Å². The third-order valence-electron chi connectivity index (χ3n) is 6.37. The number of benzene rings is 3. The molecule has 4 rings (SSSR count). The number of nitrogens with one attached hydrogen (secondary N) is 1. The zero-order chi connectivity index (χ0) is 26.6. The summed E-state index contributed by atoms with van der Waals surface area (Å²) >= 11 is 0. The van der Waals surface area contributed by atoms with E-state index in [9.17, 15) is 14.7 Å². The quantitative estimate of drug-likeness (QED) is 0.432. The molecule has 0 saturated carbocycles. The van der Waals surface area contributed by atoms with E-state index in [0.29, 0.717) is 45.1 Å². The second-order valence-electron chi connectivity index (χ2n) is 8.60. The highest BCUT2D eigenvalue weighted by molar-refractivity contribution is 6.19. The fraction of sp³-hybridized carbons (Fsp3) is 0.241. The van der Waals surface area contributed by atoms with Crippen molar-refractivity contribution in [3.8, 4) is 17.2 Å². The van der Waals surface area contributed by atoms with Crippen LogP contribution in [0.2, 0.25) is 0 Å².